The normalized spacial score (nSPS) is 14.3. The van der Waals surface area contributed by atoms with E-state index in [1.807, 2.05) is 54.7 Å². The van der Waals surface area contributed by atoms with Crippen molar-refractivity contribution in [1.29, 1.82) is 0 Å². The molecule has 0 aliphatic rings. The lowest BCUT2D eigenvalue weighted by Gasteiger charge is -2.24. The van der Waals surface area contributed by atoms with Crippen molar-refractivity contribution in [1.82, 2.24) is 5.32 Å². The molecule has 1 amide bonds. The van der Waals surface area contributed by atoms with Crippen molar-refractivity contribution >= 4 is 11.9 Å². The first-order chi connectivity index (χ1) is 30.5. The number of aliphatic hydroxyl groups is 2. The van der Waals surface area contributed by atoms with E-state index in [1.165, 1.54) is 70.6 Å². The molecule has 0 aliphatic carbocycles. The van der Waals surface area contributed by atoms with Crippen LogP contribution in [0.1, 0.15) is 194 Å². The Balaban J connectivity index is 4.81. The summed E-state index contributed by atoms with van der Waals surface area (Å²) >= 11 is 0. The van der Waals surface area contributed by atoms with E-state index in [0.717, 1.165) is 70.6 Å². The highest BCUT2D eigenvalue weighted by Crippen LogP contribution is 2.16. The minimum atomic E-state index is -0.826. The van der Waals surface area contributed by atoms with E-state index in [-0.39, 0.29) is 31.3 Å². The number of aliphatic hydroxyl groups excluding tert-OH is 2. The average Bonchev–Trinajstić information content (AvgIpc) is 3.26. The molecule has 0 aliphatic heterocycles. The number of hydrogen-bond acceptors (Lipinski definition) is 5. The zero-order valence-electron chi connectivity index (χ0n) is 39.7. The van der Waals surface area contributed by atoms with Crippen molar-refractivity contribution in [3.63, 3.8) is 0 Å². The Morgan fingerprint density at radius 3 is 1.45 bits per heavy atom. The molecule has 0 rings (SSSR count). The van der Waals surface area contributed by atoms with Crippen LogP contribution >= 0.6 is 0 Å². The third-order valence-corrected chi connectivity index (χ3v) is 10.4. The van der Waals surface area contributed by atoms with Crippen molar-refractivity contribution in [2.75, 3.05) is 6.61 Å². The van der Waals surface area contributed by atoms with Gasteiger partial charge in [0.15, 0.2) is 0 Å². The van der Waals surface area contributed by atoms with Crippen LogP contribution in [-0.4, -0.2) is 46.9 Å². The molecule has 0 aromatic rings. The number of rotatable bonds is 42. The smallest absolute Gasteiger partial charge is 0.306 e. The van der Waals surface area contributed by atoms with Crippen LogP contribution in [0.4, 0.5) is 0 Å². The fraction of sp³-hybridized carbons (Fsp3) is 0.607. The molecule has 0 radical (unpaired) electrons. The molecule has 0 spiro atoms. The molecule has 3 N–H and O–H groups in total. The Bertz CT molecular complexity index is 1330. The van der Waals surface area contributed by atoms with Crippen LogP contribution in [0.2, 0.25) is 0 Å². The molecular formula is C56H91NO5. The zero-order valence-corrected chi connectivity index (χ0v) is 39.7. The van der Waals surface area contributed by atoms with Gasteiger partial charge in [-0.1, -0.05) is 232 Å². The van der Waals surface area contributed by atoms with Crippen LogP contribution in [-0.2, 0) is 14.3 Å². The highest BCUT2D eigenvalue weighted by Gasteiger charge is 2.23. The summed E-state index contributed by atoms with van der Waals surface area (Å²) in [5.41, 5.74) is 0. The van der Waals surface area contributed by atoms with E-state index < -0.39 is 18.2 Å². The van der Waals surface area contributed by atoms with Gasteiger partial charge in [0.1, 0.15) is 6.10 Å². The minimum Gasteiger partial charge on any atom is -0.462 e. The van der Waals surface area contributed by atoms with Gasteiger partial charge in [-0.15, -0.1) is 0 Å². The molecule has 3 unspecified atom stereocenters. The number of amides is 1. The number of carbonyl (C=O) groups excluding carboxylic acids is 2. The quantitative estimate of drug-likeness (QED) is 0.0246. The number of hydrogen-bond donors (Lipinski definition) is 3. The first-order valence-corrected chi connectivity index (χ1v) is 24.8. The van der Waals surface area contributed by atoms with Gasteiger partial charge in [0.05, 0.1) is 25.2 Å². The van der Waals surface area contributed by atoms with Crippen LogP contribution in [0.25, 0.3) is 0 Å². The van der Waals surface area contributed by atoms with Crippen LogP contribution < -0.4 is 5.32 Å². The van der Waals surface area contributed by atoms with Crippen molar-refractivity contribution in [3.05, 3.63) is 122 Å². The van der Waals surface area contributed by atoms with Crippen molar-refractivity contribution in [2.45, 2.75) is 212 Å². The molecule has 0 saturated heterocycles. The van der Waals surface area contributed by atoms with Gasteiger partial charge in [0.25, 0.3) is 0 Å². The summed E-state index contributed by atoms with van der Waals surface area (Å²) in [4.78, 5) is 26.1. The van der Waals surface area contributed by atoms with Gasteiger partial charge in [-0.2, -0.15) is 0 Å². The molecule has 3 atom stereocenters. The summed E-state index contributed by atoms with van der Waals surface area (Å²) in [5, 5.41) is 23.7. The number of ether oxygens (including phenoxy) is 1. The number of unbranched alkanes of at least 4 members (excludes halogenated alkanes) is 14. The Morgan fingerprint density at radius 2 is 0.952 bits per heavy atom. The highest BCUT2D eigenvalue weighted by molar-refractivity contribution is 5.77. The molecule has 0 saturated carbocycles. The van der Waals surface area contributed by atoms with Gasteiger partial charge in [0.2, 0.25) is 5.91 Å². The lowest BCUT2D eigenvalue weighted by atomic mass is 10.0. The maximum absolute atomic E-state index is 13.2. The summed E-state index contributed by atoms with van der Waals surface area (Å²) in [5.74, 6) is -0.659. The molecule has 6 heteroatoms. The molecule has 6 nitrogen and oxygen atoms in total. The average molecular weight is 858 g/mol. The third-order valence-electron chi connectivity index (χ3n) is 10.4. The summed E-state index contributed by atoms with van der Waals surface area (Å²) in [6.07, 6.45) is 67.0. The molecule has 0 aromatic heterocycles. The summed E-state index contributed by atoms with van der Waals surface area (Å²) in [6.45, 7) is 6.17. The van der Waals surface area contributed by atoms with Crippen LogP contribution in [0.15, 0.2) is 122 Å². The summed E-state index contributed by atoms with van der Waals surface area (Å²) < 4.78 is 5.84. The second kappa shape index (κ2) is 48.3. The van der Waals surface area contributed by atoms with Gasteiger partial charge >= 0.3 is 5.97 Å². The predicted octanol–water partition coefficient (Wildman–Crippen LogP) is 14.9. The third kappa shape index (κ3) is 42.9. The fourth-order valence-corrected chi connectivity index (χ4v) is 6.74. The molecule has 0 aromatic carbocycles. The van der Waals surface area contributed by atoms with Crippen LogP contribution in [0.5, 0.6) is 0 Å². The molecule has 62 heavy (non-hydrogen) atoms. The second-order valence-electron chi connectivity index (χ2n) is 16.2. The van der Waals surface area contributed by atoms with Crippen molar-refractivity contribution in [3.8, 4) is 0 Å². The van der Waals surface area contributed by atoms with Gasteiger partial charge in [0, 0.05) is 6.42 Å². The van der Waals surface area contributed by atoms with E-state index in [9.17, 15) is 19.8 Å². The maximum Gasteiger partial charge on any atom is 0.306 e. The Kier molecular flexibility index (Phi) is 45.4. The van der Waals surface area contributed by atoms with Crippen LogP contribution in [0.3, 0.4) is 0 Å². The van der Waals surface area contributed by atoms with Crippen molar-refractivity contribution < 1.29 is 24.5 Å². The number of allylic oxidation sites excluding steroid dienone is 20. The summed E-state index contributed by atoms with van der Waals surface area (Å²) in [7, 11) is 0. The molecule has 0 bridgehead atoms. The van der Waals surface area contributed by atoms with Gasteiger partial charge in [-0.25, -0.2) is 0 Å². The standard InChI is InChI=1S/C56H91NO5/c1-4-7-10-13-16-19-22-25-27-28-31-34-37-40-43-46-49-56(61)62-52(47-44-41-38-35-32-29-24-21-18-15-12-9-6-3)50-55(60)57-53(51-58)54(59)48-45-42-39-36-33-30-26-23-20-17-14-11-8-5-2/h7,9-10,12,15-16,18-19,21,24-25,27,29,31-32,34-35,38,40,43,52-54,58-59H,4-6,8,11,13-14,17,20,22-23,26,28,30,33,36-37,39,41-42,44-51H2,1-3H3,(H,57,60)/b10-7+,12-9+,18-15+,19-16+,24-21-,27-25+,32-29-,34-31+,38-35+,43-40+. The van der Waals surface area contributed by atoms with E-state index >= 15 is 0 Å². The number of nitrogens with one attached hydrogen (secondary N) is 1. The lowest BCUT2D eigenvalue weighted by molar-refractivity contribution is -0.150. The first kappa shape index (κ1) is 58.3. The fourth-order valence-electron chi connectivity index (χ4n) is 6.74. The van der Waals surface area contributed by atoms with E-state index in [2.05, 4.69) is 92.9 Å². The predicted molar refractivity (Wildman–Crippen MR) is 268 cm³/mol. The minimum absolute atomic E-state index is 0.00907. The van der Waals surface area contributed by atoms with Crippen molar-refractivity contribution in [2.24, 2.45) is 0 Å². The first-order valence-electron chi connectivity index (χ1n) is 24.8. The lowest BCUT2D eigenvalue weighted by Crippen LogP contribution is -2.46. The zero-order chi connectivity index (χ0) is 45.2. The Morgan fingerprint density at radius 1 is 0.500 bits per heavy atom. The molecule has 0 fully saturated rings. The topological polar surface area (TPSA) is 95.9 Å². The largest absolute Gasteiger partial charge is 0.462 e. The number of esters is 1. The monoisotopic (exact) mass is 858 g/mol. The second-order valence-corrected chi connectivity index (χ2v) is 16.2. The molecule has 0 heterocycles. The Labute approximate surface area is 380 Å². The van der Waals surface area contributed by atoms with Gasteiger partial charge < -0.3 is 20.3 Å². The maximum atomic E-state index is 13.2. The van der Waals surface area contributed by atoms with E-state index in [4.69, 9.17) is 4.74 Å². The summed E-state index contributed by atoms with van der Waals surface area (Å²) in [6, 6.07) is -0.747. The van der Waals surface area contributed by atoms with E-state index in [1.54, 1.807) is 0 Å². The van der Waals surface area contributed by atoms with Gasteiger partial charge in [-0.05, 0) is 70.6 Å². The SMILES string of the molecule is CC/C=C/C=C/C=C\C=C/C=C/CCCC(CC(=O)NC(CO)C(O)CCCCCCCCCCCCCCCC)OC(=O)CC/C=C/C/C=C/C/C=C/C/C=C/C/C=C/CC. The van der Waals surface area contributed by atoms with Crippen LogP contribution in [0, 0.1) is 0 Å². The molecule has 350 valence electrons. The highest BCUT2D eigenvalue weighted by atomic mass is 16.5. The molecular weight excluding hydrogens is 767 g/mol. The Hall–Kier alpha value is -3.74. The number of carbonyl (C=O) groups is 2. The van der Waals surface area contributed by atoms with E-state index in [0.29, 0.717) is 19.3 Å². The van der Waals surface area contributed by atoms with Gasteiger partial charge in [-0.3, -0.25) is 9.59 Å².